The van der Waals surface area contributed by atoms with Crippen molar-refractivity contribution >= 4 is 35.0 Å². The average Bonchev–Trinajstić information content (AvgIpc) is 3.81. The lowest BCUT2D eigenvalue weighted by Crippen LogP contribution is -2.49. The maximum Gasteiger partial charge on any atom is 0.270 e. The van der Waals surface area contributed by atoms with Crippen LogP contribution < -0.4 is 16.0 Å². The van der Waals surface area contributed by atoms with Crippen LogP contribution in [-0.4, -0.2) is 51.2 Å². The third-order valence-corrected chi connectivity index (χ3v) is 8.82. The molecule has 0 unspecified atom stereocenters. The summed E-state index contributed by atoms with van der Waals surface area (Å²) in [5, 5.41) is 12.7. The molecular formula is C33H45FN6O4. The fourth-order valence-corrected chi connectivity index (χ4v) is 5.86. The number of aromatic nitrogens is 2. The molecule has 1 aromatic carbocycles. The highest BCUT2D eigenvalue weighted by Gasteiger charge is 2.33. The van der Waals surface area contributed by atoms with Crippen LogP contribution >= 0.6 is 0 Å². The van der Waals surface area contributed by atoms with Crippen LogP contribution in [0.4, 0.5) is 10.1 Å². The second kappa shape index (κ2) is 15.2. The van der Waals surface area contributed by atoms with Gasteiger partial charge in [0.1, 0.15) is 23.3 Å². The molecule has 3 atom stereocenters. The summed E-state index contributed by atoms with van der Waals surface area (Å²) in [6, 6.07) is 5.03. The quantitative estimate of drug-likeness (QED) is 0.226. The van der Waals surface area contributed by atoms with E-state index >= 15 is 4.39 Å². The molecule has 1 heterocycles. The SMILES string of the molecule is CCC(=O)N=C(C(=O)N[C@@H](C)C1CC1)[C@@H](C)c1ccc(NC(=O)[C@@H](NC(=O)c2ccnn2CC)C2CCCCCC2)c(F)c1. The molecule has 4 amide bonds. The summed E-state index contributed by atoms with van der Waals surface area (Å²) in [6.07, 6.45) is 9.39. The first kappa shape index (κ1) is 33.0. The summed E-state index contributed by atoms with van der Waals surface area (Å²) in [4.78, 5) is 56.3. The van der Waals surface area contributed by atoms with Gasteiger partial charge < -0.3 is 16.0 Å². The number of nitrogens with one attached hydrogen (secondary N) is 3. The molecule has 238 valence electrons. The van der Waals surface area contributed by atoms with E-state index in [1.807, 2.05) is 13.8 Å². The molecule has 0 aliphatic heterocycles. The molecule has 0 saturated heterocycles. The van der Waals surface area contributed by atoms with E-state index in [4.69, 9.17) is 0 Å². The highest BCUT2D eigenvalue weighted by molar-refractivity contribution is 6.42. The van der Waals surface area contributed by atoms with Gasteiger partial charge in [-0.05, 0) is 75.1 Å². The van der Waals surface area contributed by atoms with Crippen LogP contribution in [0, 0.1) is 17.7 Å². The molecule has 2 saturated carbocycles. The number of nitrogens with zero attached hydrogens (tertiary/aromatic N) is 3. The van der Waals surface area contributed by atoms with Gasteiger partial charge in [0.05, 0.1) is 5.69 Å². The first-order valence-electron chi connectivity index (χ1n) is 16.0. The Labute approximate surface area is 258 Å². The van der Waals surface area contributed by atoms with Gasteiger partial charge in [-0.25, -0.2) is 9.38 Å². The van der Waals surface area contributed by atoms with Gasteiger partial charge in [-0.15, -0.1) is 0 Å². The fraction of sp³-hybridized carbons (Fsp3) is 0.576. The molecule has 0 bridgehead atoms. The number of hydrogen-bond donors (Lipinski definition) is 3. The van der Waals surface area contributed by atoms with E-state index < -0.39 is 41.4 Å². The topological polar surface area (TPSA) is 135 Å². The number of benzene rings is 1. The molecule has 4 rings (SSSR count). The van der Waals surface area contributed by atoms with Crippen LogP contribution in [0.25, 0.3) is 0 Å². The summed E-state index contributed by atoms with van der Waals surface area (Å²) in [7, 11) is 0. The van der Waals surface area contributed by atoms with Gasteiger partial charge in [-0.3, -0.25) is 23.9 Å². The van der Waals surface area contributed by atoms with Crippen LogP contribution in [0.5, 0.6) is 0 Å². The Balaban J connectivity index is 1.53. The molecule has 3 N–H and O–H groups in total. The monoisotopic (exact) mass is 608 g/mol. The van der Waals surface area contributed by atoms with Crippen molar-refractivity contribution in [2.75, 3.05) is 5.32 Å². The first-order valence-corrected chi connectivity index (χ1v) is 16.0. The third kappa shape index (κ3) is 8.39. The summed E-state index contributed by atoms with van der Waals surface area (Å²) in [5.41, 5.74) is 0.798. The molecule has 2 aliphatic rings. The van der Waals surface area contributed by atoms with Gasteiger partial charge in [-0.1, -0.05) is 45.6 Å². The van der Waals surface area contributed by atoms with Gasteiger partial charge in [0.15, 0.2) is 0 Å². The molecule has 2 fully saturated rings. The number of amides is 4. The van der Waals surface area contributed by atoms with E-state index in [0.29, 0.717) is 23.7 Å². The lowest BCUT2D eigenvalue weighted by atomic mass is 9.90. The minimum atomic E-state index is -0.852. The smallest absolute Gasteiger partial charge is 0.270 e. The van der Waals surface area contributed by atoms with Crippen molar-refractivity contribution in [1.29, 1.82) is 0 Å². The van der Waals surface area contributed by atoms with E-state index in [0.717, 1.165) is 51.4 Å². The minimum Gasteiger partial charge on any atom is -0.348 e. The van der Waals surface area contributed by atoms with Crippen LogP contribution in [0.1, 0.15) is 107 Å². The highest BCUT2D eigenvalue weighted by atomic mass is 19.1. The Morgan fingerprint density at radius 1 is 0.977 bits per heavy atom. The number of halogens is 1. The zero-order chi connectivity index (χ0) is 31.8. The van der Waals surface area contributed by atoms with Crippen molar-refractivity contribution < 1.29 is 23.6 Å². The summed E-state index contributed by atoms with van der Waals surface area (Å²) < 4.78 is 17.1. The van der Waals surface area contributed by atoms with Gasteiger partial charge >= 0.3 is 0 Å². The highest BCUT2D eigenvalue weighted by Crippen LogP contribution is 2.33. The summed E-state index contributed by atoms with van der Waals surface area (Å²) in [6.45, 7) is 7.68. The van der Waals surface area contributed by atoms with Crippen LogP contribution in [0.15, 0.2) is 35.5 Å². The number of aliphatic imine (C=N–C) groups is 1. The first-order chi connectivity index (χ1) is 21.1. The van der Waals surface area contributed by atoms with Crippen molar-refractivity contribution in [1.82, 2.24) is 20.4 Å². The molecule has 0 radical (unpaired) electrons. The van der Waals surface area contributed by atoms with Crippen LogP contribution in [-0.2, 0) is 20.9 Å². The Morgan fingerprint density at radius 3 is 2.30 bits per heavy atom. The number of rotatable bonds is 12. The molecule has 1 aromatic heterocycles. The van der Waals surface area contributed by atoms with Gasteiger partial charge in [0, 0.05) is 31.1 Å². The Bertz CT molecular complexity index is 1380. The van der Waals surface area contributed by atoms with Crippen molar-refractivity contribution in [3.05, 3.63) is 47.5 Å². The third-order valence-electron chi connectivity index (χ3n) is 8.82. The van der Waals surface area contributed by atoms with E-state index in [2.05, 4.69) is 26.0 Å². The number of aryl methyl sites for hydroxylation is 1. The molecule has 0 spiro atoms. The number of anilines is 1. The van der Waals surface area contributed by atoms with Crippen molar-refractivity contribution in [3.8, 4) is 0 Å². The standard InChI is InChI=1S/C33H45FN6O4/c1-5-28(41)38-29(32(43)36-21(4)22-13-14-22)20(3)24-15-16-26(25(34)19-24)37-33(44)30(23-11-9-7-8-10-12-23)39-31(42)27-17-18-35-40(27)6-2/h15-23,30H,5-14H2,1-4H3,(H,36,43)(H,37,44)(H,39,42)/t20-,21-,30-/m0/s1. The Morgan fingerprint density at radius 2 is 1.68 bits per heavy atom. The van der Waals surface area contributed by atoms with E-state index in [1.165, 1.54) is 12.1 Å². The van der Waals surface area contributed by atoms with Gasteiger partial charge in [0.25, 0.3) is 11.8 Å². The second-order valence-electron chi connectivity index (χ2n) is 12.0. The average molecular weight is 609 g/mol. The van der Waals surface area contributed by atoms with Crippen LogP contribution in [0.2, 0.25) is 0 Å². The number of carbonyl (C=O) groups is 4. The number of hydrogen-bond acceptors (Lipinski definition) is 5. The summed E-state index contributed by atoms with van der Waals surface area (Å²) >= 11 is 0. The molecule has 2 aliphatic carbocycles. The van der Waals surface area contributed by atoms with Gasteiger partial charge in [-0.2, -0.15) is 5.10 Å². The molecule has 10 nitrogen and oxygen atoms in total. The lowest BCUT2D eigenvalue weighted by Gasteiger charge is -2.26. The van der Waals surface area contributed by atoms with Crippen LogP contribution in [0.3, 0.4) is 0 Å². The maximum atomic E-state index is 15.5. The van der Waals surface area contributed by atoms with E-state index in [-0.39, 0.29) is 29.8 Å². The predicted octanol–water partition coefficient (Wildman–Crippen LogP) is 5.15. The van der Waals surface area contributed by atoms with Gasteiger partial charge in [0.2, 0.25) is 11.8 Å². The minimum absolute atomic E-state index is 0.0306. The van der Waals surface area contributed by atoms with E-state index in [9.17, 15) is 19.2 Å². The zero-order valence-corrected chi connectivity index (χ0v) is 26.2. The lowest BCUT2D eigenvalue weighted by molar-refractivity contribution is -0.119. The maximum absolute atomic E-state index is 15.5. The Hall–Kier alpha value is -3.89. The molecular weight excluding hydrogens is 563 g/mol. The summed E-state index contributed by atoms with van der Waals surface area (Å²) in [5.74, 6) is -2.80. The predicted molar refractivity (Wildman–Crippen MR) is 167 cm³/mol. The largest absolute Gasteiger partial charge is 0.348 e. The van der Waals surface area contributed by atoms with Crippen molar-refractivity contribution in [2.45, 2.75) is 110 Å². The molecule has 44 heavy (non-hydrogen) atoms. The normalized spacial score (nSPS) is 18.1. The molecule has 2 aromatic rings. The Kier molecular flexibility index (Phi) is 11.4. The molecule has 11 heteroatoms. The second-order valence-corrected chi connectivity index (χ2v) is 12.0. The zero-order valence-electron chi connectivity index (χ0n) is 26.2. The number of carbonyl (C=O) groups excluding carboxylic acids is 4. The van der Waals surface area contributed by atoms with Crippen molar-refractivity contribution in [2.24, 2.45) is 16.8 Å². The van der Waals surface area contributed by atoms with E-state index in [1.54, 1.807) is 36.9 Å². The fourth-order valence-electron chi connectivity index (χ4n) is 5.86. The van der Waals surface area contributed by atoms with Crippen molar-refractivity contribution in [3.63, 3.8) is 0 Å².